The van der Waals surface area contributed by atoms with Crippen LogP contribution >= 0.6 is 0 Å². The molecule has 0 aliphatic rings. The van der Waals surface area contributed by atoms with Gasteiger partial charge in [0, 0.05) is 11.8 Å². The smallest absolute Gasteiger partial charge is 0.305 e. The molecule has 1 heterocycles. The van der Waals surface area contributed by atoms with E-state index in [1.54, 1.807) is 6.07 Å². The van der Waals surface area contributed by atoms with Crippen LogP contribution in [-0.2, 0) is 0 Å². The van der Waals surface area contributed by atoms with Crippen LogP contribution in [0.25, 0.3) is 22.8 Å². The lowest BCUT2D eigenvalue weighted by Crippen LogP contribution is -2.14. The second kappa shape index (κ2) is 4.81. The SMILES string of the molecule is C/C(=C\c1ccccc1)n1c(=O)[nH]c2ccc(F)cc21. The summed E-state index contributed by atoms with van der Waals surface area (Å²) in [7, 11) is 0. The van der Waals surface area contributed by atoms with E-state index >= 15 is 0 Å². The van der Waals surface area contributed by atoms with Crippen LogP contribution in [0.5, 0.6) is 0 Å². The Morgan fingerprint density at radius 2 is 1.95 bits per heavy atom. The average Bonchev–Trinajstić information content (AvgIpc) is 2.75. The monoisotopic (exact) mass is 268 g/mol. The zero-order valence-corrected chi connectivity index (χ0v) is 10.9. The number of benzene rings is 2. The third-order valence-electron chi connectivity index (χ3n) is 3.17. The Morgan fingerprint density at radius 1 is 1.20 bits per heavy atom. The van der Waals surface area contributed by atoms with E-state index < -0.39 is 0 Å². The molecular formula is C16H13FN2O. The maximum absolute atomic E-state index is 13.4. The number of hydrogen-bond acceptors (Lipinski definition) is 1. The number of halogens is 1. The first-order valence-electron chi connectivity index (χ1n) is 6.29. The largest absolute Gasteiger partial charge is 0.330 e. The number of nitrogens with one attached hydrogen (secondary N) is 1. The van der Waals surface area contributed by atoms with Crippen LogP contribution in [0.4, 0.5) is 4.39 Å². The molecule has 0 saturated heterocycles. The fraction of sp³-hybridized carbons (Fsp3) is 0.0625. The minimum atomic E-state index is -0.363. The van der Waals surface area contributed by atoms with Crippen LogP contribution in [0, 0.1) is 5.82 Å². The standard InChI is InChI=1S/C16H13FN2O/c1-11(9-12-5-3-2-4-6-12)19-15-10-13(17)7-8-14(15)18-16(19)20/h2-10H,1H3,(H,18,20)/b11-9+. The highest BCUT2D eigenvalue weighted by Crippen LogP contribution is 2.17. The summed E-state index contributed by atoms with van der Waals surface area (Å²) in [5.74, 6) is -0.363. The molecule has 3 rings (SSSR count). The van der Waals surface area contributed by atoms with E-state index in [1.165, 1.54) is 16.7 Å². The molecule has 0 atom stereocenters. The third-order valence-corrected chi connectivity index (χ3v) is 3.17. The maximum atomic E-state index is 13.4. The summed E-state index contributed by atoms with van der Waals surface area (Å²) < 4.78 is 14.8. The van der Waals surface area contributed by atoms with Crippen molar-refractivity contribution in [1.82, 2.24) is 9.55 Å². The molecule has 0 aliphatic heterocycles. The predicted octanol–water partition coefficient (Wildman–Crippen LogP) is 3.49. The zero-order valence-electron chi connectivity index (χ0n) is 10.9. The summed E-state index contributed by atoms with van der Waals surface area (Å²) in [6.07, 6.45) is 1.89. The van der Waals surface area contributed by atoms with Crippen LogP contribution in [0.2, 0.25) is 0 Å². The van der Waals surface area contributed by atoms with Gasteiger partial charge in [0.25, 0.3) is 0 Å². The molecule has 0 fully saturated rings. The molecule has 3 aromatic rings. The van der Waals surface area contributed by atoms with Gasteiger partial charge in [-0.3, -0.25) is 4.57 Å². The second-order valence-electron chi connectivity index (χ2n) is 4.62. The minimum absolute atomic E-state index is 0.268. The van der Waals surface area contributed by atoms with Crippen LogP contribution < -0.4 is 5.69 Å². The van der Waals surface area contributed by atoms with Crippen LogP contribution in [0.15, 0.2) is 53.3 Å². The van der Waals surface area contributed by atoms with Gasteiger partial charge in [0.05, 0.1) is 11.0 Å². The third kappa shape index (κ3) is 2.16. The van der Waals surface area contributed by atoms with Crippen molar-refractivity contribution in [3.8, 4) is 0 Å². The number of aromatic amines is 1. The van der Waals surface area contributed by atoms with E-state index in [4.69, 9.17) is 0 Å². The average molecular weight is 268 g/mol. The summed E-state index contributed by atoms with van der Waals surface area (Å²) >= 11 is 0. The van der Waals surface area contributed by atoms with E-state index in [-0.39, 0.29) is 11.5 Å². The number of imidazole rings is 1. The molecule has 1 N–H and O–H groups in total. The molecule has 3 nitrogen and oxygen atoms in total. The predicted molar refractivity (Wildman–Crippen MR) is 78.8 cm³/mol. The number of aromatic nitrogens is 2. The summed E-state index contributed by atoms with van der Waals surface area (Å²) in [4.78, 5) is 14.7. The number of fused-ring (bicyclic) bond motifs is 1. The Hall–Kier alpha value is -2.62. The Kier molecular flexibility index (Phi) is 2.99. The minimum Gasteiger partial charge on any atom is -0.305 e. The Balaban J connectivity index is 2.19. The van der Waals surface area contributed by atoms with Gasteiger partial charge in [-0.25, -0.2) is 9.18 Å². The number of rotatable bonds is 2. The molecule has 0 spiro atoms. The van der Waals surface area contributed by atoms with Gasteiger partial charge in [0.15, 0.2) is 0 Å². The lowest BCUT2D eigenvalue weighted by Gasteiger charge is -2.04. The van der Waals surface area contributed by atoms with E-state index in [1.807, 2.05) is 43.3 Å². The molecule has 2 aromatic carbocycles. The topological polar surface area (TPSA) is 37.8 Å². The first-order valence-corrected chi connectivity index (χ1v) is 6.29. The summed E-state index contributed by atoms with van der Waals surface area (Å²) in [6, 6.07) is 13.9. The molecule has 0 unspecified atom stereocenters. The Morgan fingerprint density at radius 3 is 2.70 bits per heavy atom. The molecule has 0 saturated carbocycles. The quantitative estimate of drug-likeness (QED) is 0.759. The van der Waals surface area contributed by atoms with Gasteiger partial charge in [-0.05, 0) is 30.7 Å². The first-order chi connectivity index (χ1) is 9.65. The molecule has 4 heteroatoms. The Labute approximate surface area is 115 Å². The maximum Gasteiger partial charge on any atom is 0.330 e. The van der Waals surface area contributed by atoms with Gasteiger partial charge in [0.2, 0.25) is 0 Å². The number of H-pyrrole nitrogens is 1. The van der Waals surface area contributed by atoms with Crippen molar-refractivity contribution in [3.63, 3.8) is 0 Å². The van der Waals surface area contributed by atoms with Crippen molar-refractivity contribution in [2.45, 2.75) is 6.92 Å². The highest BCUT2D eigenvalue weighted by atomic mass is 19.1. The van der Waals surface area contributed by atoms with Crippen molar-refractivity contribution in [1.29, 1.82) is 0 Å². The van der Waals surface area contributed by atoms with Gasteiger partial charge >= 0.3 is 5.69 Å². The summed E-state index contributed by atoms with van der Waals surface area (Å²) in [6.45, 7) is 1.83. The van der Waals surface area contributed by atoms with Crippen LogP contribution in [0.3, 0.4) is 0 Å². The van der Waals surface area contributed by atoms with Gasteiger partial charge in [-0.15, -0.1) is 0 Å². The van der Waals surface area contributed by atoms with Crippen molar-refractivity contribution in [2.24, 2.45) is 0 Å². The van der Waals surface area contributed by atoms with Gasteiger partial charge in [-0.2, -0.15) is 0 Å². The lowest BCUT2D eigenvalue weighted by atomic mass is 10.2. The van der Waals surface area contributed by atoms with Gasteiger partial charge in [0.1, 0.15) is 5.82 Å². The van der Waals surface area contributed by atoms with Gasteiger partial charge in [-0.1, -0.05) is 30.3 Å². The molecule has 1 aromatic heterocycles. The zero-order chi connectivity index (χ0) is 14.1. The summed E-state index contributed by atoms with van der Waals surface area (Å²) in [5, 5.41) is 0. The molecule has 0 aliphatic carbocycles. The molecule has 0 bridgehead atoms. The van der Waals surface area contributed by atoms with Crippen LogP contribution in [-0.4, -0.2) is 9.55 Å². The highest BCUT2D eigenvalue weighted by Gasteiger charge is 2.08. The fourth-order valence-electron chi connectivity index (χ4n) is 2.28. The van der Waals surface area contributed by atoms with Crippen molar-refractivity contribution in [2.75, 3.05) is 0 Å². The second-order valence-corrected chi connectivity index (χ2v) is 4.62. The molecule has 0 amide bonds. The summed E-state index contributed by atoms with van der Waals surface area (Å²) in [5.41, 5.74) is 2.62. The van der Waals surface area contributed by atoms with Crippen molar-refractivity contribution in [3.05, 3.63) is 70.4 Å². The van der Waals surface area contributed by atoms with E-state index in [0.29, 0.717) is 11.0 Å². The molecule has 100 valence electrons. The van der Waals surface area contributed by atoms with Crippen LogP contribution in [0.1, 0.15) is 12.5 Å². The lowest BCUT2D eigenvalue weighted by molar-refractivity contribution is 0.629. The van der Waals surface area contributed by atoms with Crippen molar-refractivity contribution < 1.29 is 4.39 Å². The van der Waals surface area contributed by atoms with E-state index in [0.717, 1.165) is 11.3 Å². The molecule has 0 radical (unpaired) electrons. The first kappa shape index (κ1) is 12.4. The van der Waals surface area contributed by atoms with E-state index in [9.17, 15) is 9.18 Å². The molecular weight excluding hydrogens is 255 g/mol. The Bertz CT molecular complexity index is 844. The molecule has 20 heavy (non-hydrogen) atoms. The normalized spacial score (nSPS) is 12.0. The number of hydrogen-bond donors (Lipinski definition) is 1. The highest BCUT2D eigenvalue weighted by molar-refractivity contribution is 5.82. The fourth-order valence-corrected chi connectivity index (χ4v) is 2.28. The van der Waals surface area contributed by atoms with E-state index in [2.05, 4.69) is 4.98 Å². The van der Waals surface area contributed by atoms with Crippen molar-refractivity contribution >= 4 is 22.8 Å². The number of nitrogens with zero attached hydrogens (tertiary/aromatic N) is 1. The number of allylic oxidation sites excluding steroid dienone is 1. The van der Waals surface area contributed by atoms with Gasteiger partial charge < -0.3 is 4.98 Å².